The van der Waals surface area contributed by atoms with Crippen LogP contribution < -0.4 is 10.1 Å². The fourth-order valence-electron chi connectivity index (χ4n) is 2.08. The van der Waals surface area contributed by atoms with Gasteiger partial charge in [-0.25, -0.2) is 9.97 Å². The lowest BCUT2D eigenvalue weighted by molar-refractivity contribution is 0.146. The third-order valence-electron chi connectivity index (χ3n) is 3.04. The quantitative estimate of drug-likeness (QED) is 0.667. The van der Waals surface area contributed by atoms with E-state index in [-0.39, 0.29) is 0 Å². The molecule has 0 unspecified atom stereocenters. The standard InChI is InChI=1S/C15H27N3O2/c1-5-7-13(8-6-2)18-15-14(20-10-9-19-4)11-16-12(3)17-15/h11,13H,5-10H2,1-4H3,(H,16,17,18). The Morgan fingerprint density at radius 3 is 2.50 bits per heavy atom. The first kappa shape index (κ1) is 16.7. The molecule has 114 valence electrons. The van der Waals surface area contributed by atoms with Crippen LogP contribution in [0.25, 0.3) is 0 Å². The molecule has 1 heterocycles. The van der Waals surface area contributed by atoms with Gasteiger partial charge in [0.2, 0.25) is 0 Å². The Kier molecular flexibility index (Phi) is 7.95. The summed E-state index contributed by atoms with van der Waals surface area (Å²) in [5.41, 5.74) is 0. The Morgan fingerprint density at radius 2 is 1.90 bits per heavy atom. The van der Waals surface area contributed by atoms with Gasteiger partial charge in [0.25, 0.3) is 0 Å². The molecular weight excluding hydrogens is 254 g/mol. The van der Waals surface area contributed by atoms with E-state index in [2.05, 4.69) is 29.1 Å². The van der Waals surface area contributed by atoms with Gasteiger partial charge >= 0.3 is 0 Å². The Labute approximate surface area is 122 Å². The Morgan fingerprint density at radius 1 is 1.20 bits per heavy atom. The van der Waals surface area contributed by atoms with Gasteiger partial charge in [0.1, 0.15) is 12.4 Å². The van der Waals surface area contributed by atoms with E-state index < -0.39 is 0 Å². The number of methoxy groups -OCH3 is 1. The van der Waals surface area contributed by atoms with E-state index in [1.165, 1.54) is 0 Å². The first-order valence-corrected chi connectivity index (χ1v) is 7.43. The van der Waals surface area contributed by atoms with Crippen molar-refractivity contribution in [3.63, 3.8) is 0 Å². The predicted molar refractivity (Wildman–Crippen MR) is 81.4 cm³/mol. The zero-order valence-corrected chi connectivity index (χ0v) is 13.1. The summed E-state index contributed by atoms with van der Waals surface area (Å²) < 4.78 is 10.7. The van der Waals surface area contributed by atoms with Gasteiger partial charge in [-0.15, -0.1) is 0 Å². The summed E-state index contributed by atoms with van der Waals surface area (Å²) in [6.45, 7) is 7.35. The van der Waals surface area contributed by atoms with Crippen LogP contribution in [-0.2, 0) is 4.74 Å². The van der Waals surface area contributed by atoms with Crippen molar-refractivity contribution in [2.45, 2.75) is 52.5 Å². The molecule has 0 aromatic carbocycles. The van der Waals surface area contributed by atoms with E-state index in [0.717, 1.165) is 37.3 Å². The van der Waals surface area contributed by atoms with Gasteiger partial charge in [-0.05, 0) is 19.8 Å². The SMILES string of the molecule is CCCC(CCC)Nc1nc(C)ncc1OCCOC. The molecule has 0 spiro atoms. The van der Waals surface area contributed by atoms with Crippen LogP contribution in [0, 0.1) is 6.92 Å². The average Bonchev–Trinajstić information content (AvgIpc) is 2.42. The van der Waals surface area contributed by atoms with Gasteiger partial charge in [0.15, 0.2) is 11.6 Å². The molecule has 0 saturated heterocycles. The molecule has 0 aliphatic rings. The topological polar surface area (TPSA) is 56.3 Å². The van der Waals surface area contributed by atoms with Crippen LogP contribution in [0.1, 0.15) is 45.4 Å². The fourth-order valence-corrected chi connectivity index (χ4v) is 2.08. The minimum atomic E-state index is 0.434. The molecule has 0 bridgehead atoms. The average molecular weight is 281 g/mol. The first-order valence-electron chi connectivity index (χ1n) is 7.43. The summed E-state index contributed by atoms with van der Waals surface area (Å²) in [5.74, 6) is 2.24. The van der Waals surface area contributed by atoms with Crippen molar-refractivity contribution >= 4 is 5.82 Å². The van der Waals surface area contributed by atoms with Crippen LogP contribution >= 0.6 is 0 Å². The van der Waals surface area contributed by atoms with Crippen LogP contribution in [0.3, 0.4) is 0 Å². The van der Waals surface area contributed by atoms with Crippen molar-refractivity contribution < 1.29 is 9.47 Å². The van der Waals surface area contributed by atoms with E-state index in [9.17, 15) is 0 Å². The number of aryl methyl sites for hydroxylation is 1. The molecule has 0 aliphatic carbocycles. The predicted octanol–water partition coefficient (Wildman–Crippen LogP) is 3.19. The van der Waals surface area contributed by atoms with Gasteiger partial charge in [-0.2, -0.15) is 0 Å². The molecule has 1 N–H and O–H groups in total. The monoisotopic (exact) mass is 281 g/mol. The number of nitrogens with zero attached hydrogens (tertiary/aromatic N) is 2. The maximum Gasteiger partial charge on any atom is 0.179 e. The molecule has 0 fully saturated rings. The van der Waals surface area contributed by atoms with Crippen LogP contribution in [-0.4, -0.2) is 36.3 Å². The number of aromatic nitrogens is 2. The molecular formula is C15H27N3O2. The molecule has 1 aromatic rings. The first-order chi connectivity index (χ1) is 9.71. The summed E-state index contributed by atoms with van der Waals surface area (Å²) in [6, 6.07) is 0.434. The van der Waals surface area contributed by atoms with E-state index in [0.29, 0.717) is 25.0 Å². The molecule has 1 rings (SSSR count). The normalized spacial score (nSPS) is 10.8. The highest BCUT2D eigenvalue weighted by atomic mass is 16.5. The van der Waals surface area contributed by atoms with Crippen molar-refractivity contribution in [3.05, 3.63) is 12.0 Å². The highest BCUT2D eigenvalue weighted by Crippen LogP contribution is 2.23. The van der Waals surface area contributed by atoms with Crippen LogP contribution in [0.5, 0.6) is 5.75 Å². The highest BCUT2D eigenvalue weighted by Gasteiger charge is 2.12. The molecule has 0 saturated carbocycles. The largest absolute Gasteiger partial charge is 0.486 e. The maximum absolute atomic E-state index is 5.68. The maximum atomic E-state index is 5.68. The highest BCUT2D eigenvalue weighted by molar-refractivity contribution is 5.49. The second-order valence-electron chi connectivity index (χ2n) is 4.89. The second-order valence-corrected chi connectivity index (χ2v) is 4.89. The van der Waals surface area contributed by atoms with Gasteiger partial charge in [0.05, 0.1) is 12.8 Å². The summed E-state index contributed by atoms with van der Waals surface area (Å²) in [4.78, 5) is 8.67. The lowest BCUT2D eigenvalue weighted by Crippen LogP contribution is -2.21. The minimum absolute atomic E-state index is 0.434. The van der Waals surface area contributed by atoms with Crippen molar-refractivity contribution in [1.82, 2.24) is 9.97 Å². The molecule has 0 radical (unpaired) electrons. The molecule has 5 nitrogen and oxygen atoms in total. The molecule has 1 aromatic heterocycles. The van der Waals surface area contributed by atoms with Crippen LogP contribution in [0.2, 0.25) is 0 Å². The Balaban J connectivity index is 2.75. The molecule has 0 atom stereocenters. The summed E-state index contributed by atoms with van der Waals surface area (Å²) in [5, 5.41) is 3.50. The van der Waals surface area contributed by atoms with Gasteiger partial charge < -0.3 is 14.8 Å². The van der Waals surface area contributed by atoms with Crippen LogP contribution in [0.15, 0.2) is 6.20 Å². The van der Waals surface area contributed by atoms with E-state index in [1.54, 1.807) is 13.3 Å². The number of rotatable bonds is 10. The van der Waals surface area contributed by atoms with Crippen molar-refractivity contribution in [3.8, 4) is 5.75 Å². The minimum Gasteiger partial charge on any atom is -0.486 e. The summed E-state index contributed by atoms with van der Waals surface area (Å²) in [7, 11) is 1.66. The Bertz CT molecular complexity index is 379. The number of hydrogen-bond donors (Lipinski definition) is 1. The van der Waals surface area contributed by atoms with Gasteiger partial charge in [-0.1, -0.05) is 26.7 Å². The number of anilines is 1. The smallest absolute Gasteiger partial charge is 0.179 e. The summed E-state index contributed by atoms with van der Waals surface area (Å²) in [6.07, 6.45) is 6.31. The molecule has 0 aliphatic heterocycles. The van der Waals surface area contributed by atoms with E-state index in [1.807, 2.05) is 6.92 Å². The van der Waals surface area contributed by atoms with Gasteiger partial charge in [-0.3, -0.25) is 0 Å². The molecule has 5 heteroatoms. The third kappa shape index (κ3) is 5.74. The van der Waals surface area contributed by atoms with Crippen LogP contribution in [0.4, 0.5) is 5.82 Å². The zero-order valence-electron chi connectivity index (χ0n) is 13.1. The third-order valence-corrected chi connectivity index (χ3v) is 3.04. The van der Waals surface area contributed by atoms with Gasteiger partial charge in [0, 0.05) is 13.2 Å². The number of nitrogens with one attached hydrogen (secondary N) is 1. The second kappa shape index (κ2) is 9.53. The lowest BCUT2D eigenvalue weighted by atomic mass is 10.1. The van der Waals surface area contributed by atoms with Crippen molar-refractivity contribution in [2.24, 2.45) is 0 Å². The van der Waals surface area contributed by atoms with Crippen molar-refractivity contribution in [2.75, 3.05) is 25.6 Å². The van der Waals surface area contributed by atoms with E-state index in [4.69, 9.17) is 9.47 Å². The van der Waals surface area contributed by atoms with Crippen molar-refractivity contribution in [1.29, 1.82) is 0 Å². The molecule has 0 amide bonds. The molecule has 20 heavy (non-hydrogen) atoms. The number of ether oxygens (including phenoxy) is 2. The number of hydrogen-bond acceptors (Lipinski definition) is 5. The zero-order chi connectivity index (χ0) is 14.8. The Hall–Kier alpha value is -1.36. The van der Waals surface area contributed by atoms with E-state index >= 15 is 0 Å². The lowest BCUT2D eigenvalue weighted by Gasteiger charge is -2.20. The summed E-state index contributed by atoms with van der Waals surface area (Å²) >= 11 is 0. The fraction of sp³-hybridized carbons (Fsp3) is 0.733.